The van der Waals surface area contributed by atoms with E-state index < -0.39 is 0 Å². The van der Waals surface area contributed by atoms with E-state index in [-0.39, 0.29) is 0 Å². The van der Waals surface area contributed by atoms with Gasteiger partial charge in [-0.05, 0) is 46.2 Å². The first-order chi connectivity index (χ1) is 20.3. The first-order valence-electron chi connectivity index (χ1n) is 13.9. The van der Waals surface area contributed by atoms with Crippen LogP contribution in [0.5, 0.6) is 0 Å². The van der Waals surface area contributed by atoms with Gasteiger partial charge in [-0.25, -0.2) is 9.97 Å². The van der Waals surface area contributed by atoms with Gasteiger partial charge in [0.25, 0.3) is 0 Å². The van der Waals surface area contributed by atoms with Crippen LogP contribution in [0.3, 0.4) is 0 Å². The van der Waals surface area contributed by atoms with Crippen LogP contribution in [-0.4, -0.2) is 14.5 Å². The molecule has 2 heterocycles. The largest absolute Gasteiger partial charge is 0.278 e. The first kappa shape index (κ1) is 23.4. The molecule has 0 aliphatic rings. The van der Waals surface area contributed by atoms with Crippen LogP contribution >= 0.6 is 0 Å². The van der Waals surface area contributed by atoms with Gasteiger partial charge in [0, 0.05) is 21.9 Å². The van der Waals surface area contributed by atoms with Crippen molar-refractivity contribution in [3.05, 3.63) is 152 Å². The fourth-order valence-electron chi connectivity index (χ4n) is 5.86. The molecule has 0 aliphatic carbocycles. The second-order valence-corrected chi connectivity index (χ2v) is 10.3. The van der Waals surface area contributed by atoms with Crippen LogP contribution < -0.4 is 0 Å². The summed E-state index contributed by atoms with van der Waals surface area (Å²) in [6.07, 6.45) is 0. The highest BCUT2D eigenvalue weighted by atomic mass is 15.2. The molecule has 41 heavy (non-hydrogen) atoms. The van der Waals surface area contributed by atoms with Crippen LogP contribution in [0.25, 0.3) is 72.2 Å². The van der Waals surface area contributed by atoms with Crippen LogP contribution in [0.4, 0.5) is 0 Å². The molecule has 0 bridgehead atoms. The van der Waals surface area contributed by atoms with Gasteiger partial charge in [0.2, 0.25) is 5.95 Å². The number of benzene rings is 6. The second-order valence-electron chi connectivity index (χ2n) is 10.3. The predicted molar refractivity (Wildman–Crippen MR) is 170 cm³/mol. The molecule has 3 nitrogen and oxygen atoms in total. The van der Waals surface area contributed by atoms with Crippen molar-refractivity contribution >= 4 is 32.6 Å². The third-order valence-corrected chi connectivity index (χ3v) is 7.82. The summed E-state index contributed by atoms with van der Waals surface area (Å²) in [6, 6.07) is 53.1. The Kier molecular flexibility index (Phi) is 5.46. The van der Waals surface area contributed by atoms with Gasteiger partial charge < -0.3 is 0 Å². The number of hydrogen-bond donors (Lipinski definition) is 0. The molecule has 8 rings (SSSR count). The lowest BCUT2D eigenvalue weighted by Crippen LogP contribution is -2.04. The van der Waals surface area contributed by atoms with Gasteiger partial charge in [-0.3, -0.25) is 4.57 Å². The third-order valence-electron chi connectivity index (χ3n) is 7.82. The van der Waals surface area contributed by atoms with Crippen molar-refractivity contribution < 1.29 is 0 Å². The van der Waals surface area contributed by atoms with E-state index in [4.69, 9.17) is 9.97 Å². The van der Waals surface area contributed by atoms with Crippen LogP contribution in [-0.2, 0) is 0 Å². The van der Waals surface area contributed by atoms with Crippen LogP contribution in [0.2, 0.25) is 0 Å². The Morgan fingerprint density at radius 1 is 0.390 bits per heavy atom. The van der Waals surface area contributed by atoms with Crippen molar-refractivity contribution in [1.82, 2.24) is 14.5 Å². The number of aromatic nitrogens is 3. The summed E-state index contributed by atoms with van der Waals surface area (Å²) < 4.78 is 2.23. The van der Waals surface area contributed by atoms with E-state index in [1.807, 2.05) is 12.1 Å². The highest BCUT2D eigenvalue weighted by molar-refractivity contribution is 6.21. The van der Waals surface area contributed by atoms with E-state index >= 15 is 0 Å². The average molecular weight is 524 g/mol. The van der Waals surface area contributed by atoms with E-state index in [2.05, 4.69) is 144 Å². The molecule has 0 atom stereocenters. The highest BCUT2D eigenvalue weighted by Gasteiger charge is 2.19. The molecular weight excluding hydrogens is 498 g/mol. The molecule has 0 aliphatic heterocycles. The molecule has 6 aromatic carbocycles. The monoisotopic (exact) mass is 523 g/mol. The van der Waals surface area contributed by atoms with Gasteiger partial charge in [-0.2, -0.15) is 0 Å². The van der Waals surface area contributed by atoms with E-state index in [1.54, 1.807) is 0 Å². The molecule has 0 radical (unpaired) electrons. The Balaban J connectivity index is 1.47. The molecule has 0 spiro atoms. The van der Waals surface area contributed by atoms with Crippen molar-refractivity contribution in [1.29, 1.82) is 0 Å². The van der Waals surface area contributed by atoms with Crippen molar-refractivity contribution in [2.45, 2.75) is 0 Å². The minimum absolute atomic E-state index is 0.660. The molecule has 0 fully saturated rings. The van der Waals surface area contributed by atoms with E-state index in [1.165, 1.54) is 32.7 Å². The van der Waals surface area contributed by atoms with E-state index in [9.17, 15) is 0 Å². The zero-order valence-electron chi connectivity index (χ0n) is 22.3. The normalized spacial score (nSPS) is 11.4. The SMILES string of the molecule is c1ccc(-c2ccc3c(c2)c2c4ccccc4ccc2n3-c2nc(-c3ccccc3)cc(-c3ccccc3)n2)cc1. The van der Waals surface area contributed by atoms with E-state index in [0.717, 1.165) is 33.5 Å². The lowest BCUT2D eigenvalue weighted by atomic mass is 10.0. The van der Waals surface area contributed by atoms with Crippen molar-refractivity contribution in [3.63, 3.8) is 0 Å². The zero-order valence-corrected chi connectivity index (χ0v) is 22.3. The fourth-order valence-corrected chi connectivity index (χ4v) is 5.86. The highest BCUT2D eigenvalue weighted by Crippen LogP contribution is 2.39. The number of rotatable bonds is 4. The fraction of sp³-hybridized carbons (Fsp3) is 0. The average Bonchev–Trinajstić information content (AvgIpc) is 3.40. The van der Waals surface area contributed by atoms with Crippen LogP contribution in [0, 0.1) is 0 Å². The van der Waals surface area contributed by atoms with Crippen LogP contribution in [0.15, 0.2) is 152 Å². The molecule has 3 heteroatoms. The molecule has 0 N–H and O–H groups in total. The van der Waals surface area contributed by atoms with Crippen molar-refractivity contribution in [3.8, 4) is 39.6 Å². The van der Waals surface area contributed by atoms with Gasteiger partial charge in [0.15, 0.2) is 0 Å². The molecule has 0 saturated carbocycles. The summed E-state index contributed by atoms with van der Waals surface area (Å²) in [5.74, 6) is 0.660. The predicted octanol–water partition coefficient (Wildman–Crippen LogP) is 9.73. The molecule has 0 unspecified atom stereocenters. The maximum Gasteiger partial charge on any atom is 0.235 e. The van der Waals surface area contributed by atoms with E-state index in [0.29, 0.717) is 5.95 Å². The Morgan fingerprint density at radius 2 is 0.951 bits per heavy atom. The van der Waals surface area contributed by atoms with Gasteiger partial charge >= 0.3 is 0 Å². The van der Waals surface area contributed by atoms with Gasteiger partial charge in [-0.1, -0.05) is 127 Å². The summed E-state index contributed by atoms with van der Waals surface area (Å²) in [6.45, 7) is 0. The summed E-state index contributed by atoms with van der Waals surface area (Å²) in [5, 5.41) is 4.84. The summed E-state index contributed by atoms with van der Waals surface area (Å²) >= 11 is 0. The molecule has 0 amide bonds. The maximum atomic E-state index is 5.18. The van der Waals surface area contributed by atoms with Crippen molar-refractivity contribution in [2.24, 2.45) is 0 Å². The Labute approximate surface area is 238 Å². The van der Waals surface area contributed by atoms with Gasteiger partial charge in [0.1, 0.15) is 0 Å². The molecule has 0 saturated heterocycles. The minimum Gasteiger partial charge on any atom is -0.278 e. The Hall–Kier alpha value is -5.54. The molecule has 8 aromatic rings. The zero-order chi connectivity index (χ0) is 27.2. The van der Waals surface area contributed by atoms with Crippen molar-refractivity contribution in [2.75, 3.05) is 0 Å². The summed E-state index contributed by atoms with van der Waals surface area (Å²) in [5.41, 5.74) is 8.47. The Bertz CT molecular complexity index is 2120. The Morgan fingerprint density at radius 3 is 1.61 bits per heavy atom. The summed E-state index contributed by atoms with van der Waals surface area (Å²) in [4.78, 5) is 10.4. The lowest BCUT2D eigenvalue weighted by Gasteiger charge is -2.12. The molecule has 192 valence electrons. The topological polar surface area (TPSA) is 30.7 Å². The van der Waals surface area contributed by atoms with Crippen LogP contribution in [0.1, 0.15) is 0 Å². The molecular formula is C38H25N3. The quantitative estimate of drug-likeness (QED) is 0.230. The first-order valence-corrected chi connectivity index (χ1v) is 13.9. The number of hydrogen-bond acceptors (Lipinski definition) is 2. The number of fused-ring (bicyclic) bond motifs is 5. The second kappa shape index (κ2) is 9.58. The third kappa shape index (κ3) is 3.98. The standard InChI is InChI=1S/C38H25N3/c1-4-12-26(13-5-1)30-21-22-35-32(24-30)37-31-19-11-10-14-27(31)20-23-36(37)41(35)38-39-33(28-15-6-2-7-16-28)25-34(40-38)29-17-8-3-9-18-29/h1-25H. The number of nitrogens with zero attached hydrogens (tertiary/aromatic N) is 3. The smallest absolute Gasteiger partial charge is 0.235 e. The maximum absolute atomic E-state index is 5.18. The van der Waals surface area contributed by atoms with Gasteiger partial charge in [0.05, 0.1) is 22.4 Å². The lowest BCUT2D eigenvalue weighted by molar-refractivity contribution is 0.996. The van der Waals surface area contributed by atoms with Gasteiger partial charge in [-0.15, -0.1) is 0 Å². The minimum atomic E-state index is 0.660. The molecule has 2 aromatic heterocycles. The summed E-state index contributed by atoms with van der Waals surface area (Å²) in [7, 11) is 0.